The fraction of sp³-hybridized carbons (Fsp3) is 0.900. The Morgan fingerprint density at radius 3 is 1.46 bits per heavy atom. The van der Waals surface area contributed by atoms with Gasteiger partial charge in [0.1, 0.15) is 0 Å². The Bertz CT molecular complexity index is 315. The molecule has 0 aliphatic carbocycles. The van der Waals surface area contributed by atoms with Gasteiger partial charge in [0.05, 0.1) is 6.42 Å². The third kappa shape index (κ3) is 15.8. The number of carbonyl (C=O) groups is 2. The van der Waals surface area contributed by atoms with Gasteiger partial charge in [-0.25, -0.2) is 0 Å². The minimum atomic E-state index is -1.23. The predicted octanol–water partition coefficient (Wildman–Crippen LogP) is 4.70. The van der Waals surface area contributed by atoms with Crippen molar-refractivity contribution in [3.63, 3.8) is 0 Å². The summed E-state index contributed by atoms with van der Waals surface area (Å²) in [6, 6.07) is 0. The lowest BCUT2D eigenvalue weighted by Gasteiger charge is -2.15. The highest BCUT2D eigenvalue weighted by molar-refractivity contribution is 5.76. The maximum absolute atomic E-state index is 10.8. The van der Waals surface area contributed by atoms with Crippen LogP contribution in [0.15, 0.2) is 0 Å². The number of carboxylic acid groups (broad SMARTS) is 2. The topological polar surface area (TPSA) is 77.4 Å². The molecule has 0 aromatic carbocycles. The Hall–Kier alpha value is -1.06. The SMILES string of the molecule is CCCCCCCCCCCCCCCCC(CC(=O)O)C(=O)[O-]. The van der Waals surface area contributed by atoms with Gasteiger partial charge in [-0.05, 0) is 6.42 Å². The fourth-order valence-electron chi connectivity index (χ4n) is 3.10. The average Bonchev–Trinajstić information content (AvgIpc) is 2.53. The lowest BCUT2D eigenvalue weighted by Crippen LogP contribution is -2.32. The first-order valence-corrected chi connectivity index (χ1v) is 10.0. The van der Waals surface area contributed by atoms with E-state index in [0.717, 1.165) is 19.3 Å². The Morgan fingerprint density at radius 1 is 0.750 bits per heavy atom. The highest BCUT2D eigenvalue weighted by Crippen LogP contribution is 2.16. The molecule has 0 saturated carbocycles. The van der Waals surface area contributed by atoms with Crippen molar-refractivity contribution in [1.29, 1.82) is 0 Å². The molecule has 0 saturated heterocycles. The predicted molar refractivity (Wildman–Crippen MR) is 95.7 cm³/mol. The van der Waals surface area contributed by atoms with Gasteiger partial charge < -0.3 is 15.0 Å². The monoisotopic (exact) mass is 341 g/mol. The molecule has 0 rings (SSSR count). The standard InChI is InChI=1S/C20H38O4/c1-2-3-4-5-6-7-8-9-10-11-12-13-14-15-16-18(20(23)24)17-19(21)22/h18H,2-17H2,1H3,(H,21,22)(H,23,24)/p-1. The third-order valence-corrected chi connectivity index (χ3v) is 4.66. The Labute approximate surface area is 148 Å². The number of carbonyl (C=O) groups excluding carboxylic acids is 1. The van der Waals surface area contributed by atoms with Crippen LogP contribution in [0, 0.1) is 5.92 Å². The first kappa shape index (κ1) is 22.9. The average molecular weight is 342 g/mol. The van der Waals surface area contributed by atoms with Gasteiger partial charge in [-0.3, -0.25) is 4.79 Å². The minimum absolute atomic E-state index is 0.319. The van der Waals surface area contributed by atoms with Crippen LogP contribution in [-0.4, -0.2) is 17.0 Å². The zero-order valence-electron chi connectivity index (χ0n) is 15.6. The molecular weight excluding hydrogens is 304 g/mol. The van der Waals surface area contributed by atoms with Gasteiger partial charge in [-0.2, -0.15) is 0 Å². The quantitative estimate of drug-likeness (QED) is 0.367. The molecule has 0 aromatic heterocycles. The van der Waals surface area contributed by atoms with Gasteiger partial charge >= 0.3 is 5.97 Å². The molecule has 0 fully saturated rings. The summed E-state index contributed by atoms with van der Waals surface area (Å²) in [5.74, 6) is -3.12. The zero-order valence-corrected chi connectivity index (χ0v) is 15.6. The maximum atomic E-state index is 10.8. The summed E-state index contributed by atoms with van der Waals surface area (Å²) in [4.78, 5) is 21.4. The molecule has 0 aliphatic heterocycles. The molecule has 0 aliphatic rings. The summed E-state index contributed by atoms with van der Waals surface area (Å²) < 4.78 is 0. The van der Waals surface area contributed by atoms with Gasteiger partial charge in [0, 0.05) is 11.9 Å². The van der Waals surface area contributed by atoms with E-state index in [1.165, 1.54) is 70.6 Å². The molecule has 0 bridgehead atoms. The van der Waals surface area contributed by atoms with Crippen LogP contribution in [0.4, 0.5) is 0 Å². The molecule has 0 spiro atoms. The lowest BCUT2D eigenvalue weighted by molar-refractivity contribution is -0.312. The van der Waals surface area contributed by atoms with Crippen molar-refractivity contribution < 1.29 is 19.8 Å². The zero-order chi connectivity index (χ0) is 18.0. The van der Waals surface area contributed by atoms with E-state index in [0.29, 0.717) is 6.42 Å². The lowest BCUT2D eigenvalue weighted by atomic mass is 9.97. The van der Waals surface area contributed by atoms with Crippen LogP contribution in [0.25, 0.3) is 0 Å². The first-order chi connectivity index (χ1) is 11.6. The van der Waals surface area contributed by atoms with E-state index in [1.54, 1.807) is 0 Å². The summed E-state index contributed by atoms with van der Waals surface area (Å²) in [6.07, 6.45) is 17.7. The second-order valence-corrected chi connectivity index (χ2v) is 7.00. The fourth-order valence-corrected chi connectivity index (χ4v) is 3.10. The molecule has 0 amide bonds. The number of carboxylic acids is 2. The van der Waals surface area contributed by atoms with Gasteiger partial charge in [0.2, 0.25) is 0 Å². The molecule has 24 heavy (non-hydrogen) atoms. The summed E-state index contributed by atoms with van der Waals surface area (Å²) in [5.41, 5.74) is 0. The number of hydrogen-bond acceptors (Lipinski definition) is 3. The van der Waals surface area contributed by atoms with E-state index < -0.39 is 17.9 Å². The van der Waals surface area contributed by atoms with E-state index in [4.69, 9.17) is 5.11 Å². The summed E-state index contributed by atoms with van der Waals surface area (Å²) in [7, 11) is 0. The molecule has 1 unspecified atom stereocenters. The van der Waals surface area contributed by atoms with E-state index in [1.807, 2.05) is 0 Å². The van der Waals surface area contributed by atoms with Crippen LogP contribution >= 0.6 is 0 Å². The second-order valence-electron chi connectivity index (χ2n) is 7.00. The summed E-state index contributed by atoms with van der Waals surface area (Å²) in [6.45, 7) is 2.25. The van der Waals surface area contributed by atoms with Crippen molar-refractivity contribution in [2.75, 3.05) is 0 Å². The molecule has 4 heteroatoms. The summed E-state index contributed by atoms with van der Waals surface area (Å²) >= 11 is 0. The highest BCUT2D eigenvalue weighted by Gasteiger charge is 2.13. The highest BCUT2D eigenvalue weighted by atomic mass is 16.4. The Balaban J connectivity index is 3.30. The number of unbranched alkanes of at least 4 members (excludes halogenated alkanes) is 13. The maximum Gasteiger partial charge on any atom is 0.304 e. The van der Waals surface area contributed by atoms with Crippen molar-refractivity contribution in [3.8, 4) is 0 Å². The first-order valence-electron chi connectivity index (χ1n) is 10.0. The molecule has 0 radical (unpaired) electrons. The van der Waals surface area contributed by atoms with Crippen molar-refractivity contribution in [3.05, 3.63) is 0 Å². The molecule has 0 aromatic rings. The number of aliphatic carboxylic acids is 2. The Morgan fingerprint density at radius 2 is 1.12 bits per heavy atom. The van der Waals surface area contributed by atoms with Crippen molar-refractivity contribution >= 4 is 11.9 Å². The van der Waals surface area contributed by atoms with Crippen LogP contribution in [0.2, 0.25) is 0 Å². The van der Waals surface area contributed by atoms with Crippen molar-refractivity contribution in [1.82, 2.24) is 0 Å². The van der Waals surface area contributed by atoms with Crippen LogP contribution in [0.1, 0.15) is 110 Å². The minimum Gasteiger partial charge on any atom is -0.550 e. The normalized spacial score (nSPS) is 12.2. The van der Waals surface area contributed by atoms with Gasteiger partial charge in [0.25, 0.3) is 0 Å². The van der Waals surface area contributed by atoms with Crippen LogP contribution in [0.5, 0.6) is 0 Å². The van der Waals surface area contributed by atoms with Gasteiger partial charge in [-0.15, -0.1) is 0 Å². The second kappa shape index (κ2) is 16.8. The molecule has 1 atom stereocenters. The molecule has 0 heterocycles. The molecule has 4 nitrogen and oxygen atoms in total. The molecular formula is C20H37O4-. The Kier molecular flexibility index (Phi) is 16.0. The molecule has 142 valence electrons. The van der Waals surface area contributed by atoms with Gasteiger partial charge in [0.15, 0.2) is 0 Å². The molecule has 1 N–H and O–H groups in total. The number of rotatable bonds is 18. The van der Waals surface area contributed by atoms with E-state index in [-0.39, 0.29) is 6.42 Å². The number of hydrogen-bond donors (Lipinski definition) is 1. The summed E-state index contributed by atoms with van der Waals surface area (Å²) in [5, 5.41) is 19.5. The van der Waals surface area contributed by atoms with E-state index >= 15 is 0 Å². The third-order valence-electron chi connectivity index (χ3n) is 4.66. The van der Waals surface area contributed by atoms with Crippen molar-refractivity contribution in [2.24, 2.45) is 5.92 Å². The van der Waals surface area contributed by atoms with Gasteiger partial charge in [-0.1, -0.05) is 96.8 Å². The smallest absolute Gasteiger partial charge is 0.304 e. The van der Waals surface area contributed by atoms with E-state index in [2.05, 4.69) is 6.92 Å². The van der Waals surface area contributed by atoms with E-state index in [9.17, 15) is 14.7 Å². The van der Waals surface area contributed by atoms with Crippen LogP contribution < -0.4 is 5.11 Å². The van der Waals surface area contributed by atoms with Crippen LogP contribution in [0.3, 0.4) is 0 Å². The largest absolute Gasteiger partial charge is 0.550 e. The van der Waals surface area contributed by atoms with Crippen molar-refractivity contribution in [2.45, 2.75) is 110 Å². The van der Waals surface area contributed by atoms with Crippen LogP contribution in [-0.2, 0) is 9.59 Å².